The predicted molar refractivity (Wildman–Crippen MR) is 89.6 cm³/mol. The van der Waals surface area contributed by atoms with E-state index in [1.165, 1.54) is 0 Å². The molecule has 2 aromatic rings. The topological polar surface area (TPSA) is 71.3 Å². The highest BCUT2D eigenvalue weighted by Gasteiger charge is 2.23. The molecule has 1 aliphatic rings. The number of nitrogens with zero attached hydrogens (tertiary/aromatic N) is 3. The van der Waals surface area contributed by atoms with E-state index in [9.17, 15) is 4.79 Å². The quantitative estimate of drug-likeness (QED) is 0.888. The molecule has 0 aromatic carbocycles. The van der Waals surface area contributed by atoms with Gasteiger partial charge in [0, 0.05) is 12.7 Å². The number of carbonyl (C=O) groups is 1. The molecule has 6 nitrogen and oxygen atoms in total. The molecule has 2 unspecified atom stereocenters. The van der Waals surface area contributed by atoms with E-state index >= 15 is 0 Å². The Morgan fingerprint density at radius 2 is 2.23 bits per heavy atom. The van der Waals surface area contributed by atoms with Crippen LogP contribution in [0.25, 0.3) is 5.65 Å². The van der Waals surface area contributed by atoms with Gasteiger partial charge in [-0.2, -0.15) is 0 Å². The van der Waals surface area contributed by atoms with Crippen LogP contribution in [-0.4, -0.2) is 33.6 Å². The maximum atomic E-state index is 12.2. The largest absolute Gasteiger partial charge is 0.346 e. The Labute approximate surface area is 141 Å². The zero-order chi connectivity index (χ0) is 13.9. The number of halogens is 2. The lowest BCUT2D eigenvalue weighted by Gasteiger charge is -2.23. The minimum atomic E-state index is -0.151. The summed E-state index contributed by atoms with van der Waals surface area (Å²) in [6.45, 7) is 3.71. The fourth-order valence-electron chi connectivity index (χ4n) is 2.63. The number of piperidine rings is 1. The molecule has 1 aliphatic heterocycles. The SMILES string of the molecule is CC(NC(=O)C1CCCNC1)c1nnc2ccccn12.Cl.Cl. The first-order valence-corrected chi connectivity index (χ1v) is 7.06. The van der Waals surface area contributed by atoms with Gasteiger partial charge in [0.25, 0.3) is 0 Å². The molecule has 8 heteroatoms. The summed E-state index contributed by atoms with van der Waals surface area (Å²) in [6.07, 6.45) is 3.92. The summed E-state index contributed by atoms with van der Waals surface area (Å²) >= 11 is 0. The first-order chi connectivity index (χ1) is 9.75. The zero-order valence-electron chi connectivity index (χ0n) is 12.4. The minimum Gasteiger partial charge on any atom is -0.346 e. The number of pyridine rings is 1. The number of aromatic nitrogens is 3. The van der Waals surface area contributed by atoms with Gasteiger partial charge in [-0.05, 0) is 38.4 Å². The Balaban J connectivity index is 0.00000121. The predicted octanol–water partition coefficient (Wildman–Crippen LogP) is 1.75. The van der Waals surface area contributed by atoms with Gasteiger partial charge in [-0.1, -0.05) is 6.07 Å². The lowest BCUT2D eigenvalue weighted by atomic mass is 9.98. The molecular weight excluding hydrogens is 325 g/mol. The lowest BCUT2D eigenvalue weighted by Crippen LogP contribution is -2.41. The van der Waals surface area contributed by atoms with Gasteiger partial charge in [-0.15, -0.1) is 35.0 Å². The summed E-state index contributed by atoms with van der Waals surface area (Å²) in [5.41, 5.74) is 0.794. The number of hydrogen-bond acceptors (Lipinski definition) is 4. The number of carbonyl (C=O) groups excluding carboxylic acids is 1. The Hall–Kier alpha value is -1.37. The molecule has 0 spiro atoms. The van der Waals surface area contributed by atoms with Gasteiger partial charge < -0.3 is 10.6 Å². The number of amides is 1. The van der Waals surface area contributed by atoms with Gasteiger partial charge in [0.05, 0.1) is 12.0 Å². The van der Waals surface area contributed by atoms with Crippen LogP contribution in [0, 0.1) is 5.92 Å². The Morgan fingerprint density at radius 3 is 2.95 bits per heavy atom. The minimum absolute atomic E-state index is 0. The number of rotatable bonds is 3. The van der Waals surface area contributed by atoms with E-state index in [4.69, 9.17) is 0 Å². The van der Waals surface area contributed by atoms with Gasteiger partial charge >= 0.3 is 0 Å². The first kappa shape index (κ1) is 18.7. The molecule has 3 heterocycles. The second kappa shape index (κ2) is 8.31. The molecule has 3 rings (SSSR count). The molecule has 2 atom stereocenters. The average molecular weight is 346 g/mol. The zero-order valence-corrected chi connectivity index (χ0v) is 14.0. The van der Waals surface area contributed by atoms with Gasteiger partial charge in [0.1, 0.15) is 0 Å². The smallest absolute Gasteiger partial charge is 0.224 e. The van der Waals surface area contributed by atoms with Crippen molar-refractivity contribution in [3.05, 3.63) is 30.2 Å². The fourth-order valence-corrected chi connectivity index (χ4v) is 2.63. The highest BCUT2D eigenvalue weighted by molar-refractivity contribution is 5.85. The van der Waals surface area contributed by atoms with Crippen molar-refractivity contribution in [2.24, 2.45) is 5.92 Å². The van der Waals surface area contributed by atoms with E-state index in [1.807, 2.05) is 35.7 Å². The summed E-state index contributed by atoms with van der Waals surface area (Å²) in [4.78, 5) is 12.2. The average Bonchev–Trinajstić information content (AvgIpc) is 2.92. The third kappa shape index (κ3) is 3.88. The molecule has 1 saturated heterocycles. The molecule has 0 aliphatic carbocycles. The summed E-state index contributed by atoms with van der Waals surface area (Å²) in [7, 11) is 0. The second-order valence-electron chi connectivity index (χ2n) is 5.26. The van der Waals surface area contributed by atoms with Crippen molar-refractivity contribution in [3.8, 4) is 0 Å². The molecule has 1 fully saturated rings. The van der Waals surface area contributed by atoms with Gasteiger partial charge in [-0.3, -0.25) is 9.20 Å². The van der Waals surface area contributed by atoms with Crippen LogP contribution >= 0.6 is 24.8 Å². The normalized spacial score (nSPS) is 18.9. The maximum Gasteiger partial charge on any atom is 0.224 e. The van der Waals surface area contributed by atoms with Crippen molar-refractivity contribution in [2.45, 2.75) is 25.8 Å². The van der Waals surface area contributed by atoms with Crippen LogP contribution < -0.4 is 10.6 Å². The molecule has 1 amide bonds. The molecule has 0 saturated carbocycles. The van der Waals surface area contributed by atoms with Crippen molar-refractivity contribution in [1.29, 1.82) is 0 Å². The van der Waals surface area contributed by atoms with Crippen LogP contribution in [0.5, 0.6) is 0 Å². The summed E-state index contributed by atoms with van der Waals surface area (Å²) in [5.74, 6) is 0.917. The lowest BCUT2D eigenvalue weighted by molar-refractivity contribution is -0.126. The van der Waals surface area contributed by atoms with Gasteiger partial charge in [-0.25, -0.2) is 0 Å². The van der Waals surface area contributed by atoms with E-state index in [0.717, 1.165) is 37.4 Å². The summed E-state index contributed by atoms with van der Waals surface area (Å²) in [5, 5.41) is 14.6. The maximum absolute atomic E-state index is 12.2. The van der Waals surface area contributed by atoms with Crippen molar-refractivity contribution in [3.63, 3.8) is 0 Å². The Morgan fingerprint density at radius 1 is 1.41 bits per heavy atom. The van der Waals surface area contributed by atoms with Crippen LogP contribution in [0.4, 0.5) is 0 Å². The first-order valence-electron chi connectivity index (χ1n) is 7.06. The van der Waals surface area contributed by atoms with E-state index in [2.05, 4.69) is 20.8 Å². The van der Waals surface area contributed by atoms with Crippen molar-refractivity contribution >= 4 is 36.4 Å². The van der Waals surface area contributed by atoms with Crippen LogP contribution in [0.3, 0.4) is 0 Å². The van der Waals surface area contributed by atoms with Crippen LogP contribution in [0.2, 0.25) is 0 Å². The Bertz CT molecular complexity index is 612. The Kier molecular flexibility index (Phi) is 7.06. The van der Waals surface area contributed by atoms with Gasteiger partial charge in [0.2, 0.25) is 5.91 Å². The van der Waals surface area contributed by atoms with E-state index in [0.29, 0.717) is 0 Å². The summed E-state index contributed by atoms with van der Waals surface area (Å²) in [6, 6.07) is 5.60. The van der Waals surface area contributed by atoms with E-state index in [1.54, 1.807) is 0 Å². The van der Waals surface area contributed by atoms with Crippen LogP contribution in [0.1, 0.15) is 31.6 Å². The molecule has 2 N–H and O–H groups in total. The van der Waals surface area contributed by atoms with Crippen LogP contribution in [-0.2, 0) is 4.79 Å². The third-order valence-corrected chi connectivity index (χ3v) is 3.75. The number of hydrogen-bond donors (Lipinski definition) is 2. The molecule has 122 valence electrons. The molecule has 0 bridgehead atoms. The van der Waals surface area contributed by atoms with E-state index < -0.39 is 0 Å². The highest BCUT2D eigenvalue weighted by Crippen LogP contribution is 2.15. The summed E-state index contributed by atoms with van der Waals surface area (Å²) < 4.78 is 1.91. The van der Waals surface area contributed by atoms with Crippen LogP contribution in [0.15, 0.2) is 24.4 Å². The monoisotopic (exact) mass is 345 g/mol. The fraction of sp³-hybridized carbons (Fsp3) is 0.500. The molecular formula is C14H21Cl2N5O. The van der Waals surface area contributed by atoms with Gasteiger partial charge in [0.15, 0.2) is 11.5 Å². The second-order valence-corrected chi connectivity index (χ2v) is 5.26. The standard InChI is InChI=1S/C14H19N5O.2ClH/c1-10(16-14(20)11-5-4-7-15-9-11)13-18-17-12-6-2-3-8-19(12)13;;/h2-3,6,8,10-11,15H,4-5,7,9H2,1H3,(H,16,20);2*1H. The van der Waals surface area contributed by atoms with Crippen molar-refractivity contribution in [2.75, 3.05) is 13.1 Å². The van der Waals surface area contributed by atoms with Crippen molar-refractivity contribution < 1.29 is 4.79 Å². The third-order valence-electron chi connectivity index (χ3n) is 3.75. The molecule has 22 heavy (non-hydrogen) atoms. The molecule has 0 radical (unpaired) electrons. The number of fused-ring (bicyclic) bond motifs is 1. The van der Waals surface area contributed by atoms with E-state index in [-0.39, 0.29) is 42.7 Å². The number of nitrogens with one attached hydrogen (secondary N) is 2. The highest BCUT2D eigenvalue weighted by atomic mass is 35.5. The molecule has 2 aromatic heterocycles. The van der Waals surface area contributed by atoms with Crippen molar-refractivity contribution in [1.82, 2.24) is 25.2 Å².